The molecule has 2 heteroatoms. The van der Waals surface area contributed by atoms with Crippen LogP contribution in [0, 0.1) is 5.53 Å². The van der Waals surface area contributed by atoms with Gasteiger partial charge in [-0.05, 0) is 19.8 Å². The van der Waals surface area contributed by atoms with Gasteiger partial charge in [-0.2, -0.15) is 5.11 Å². The zero-order chi connectivity index (χ0) is 8.53. The lowest BCUT2D eigenvalue weighted by Gasteiger charge is -1.98. The van der Waals surface area contributed by atoms with Crippen molar-refractivity contribution < 1.29 is 0 Å². The molecule has 0 aromatic rings. The van der Waals surface area contributed by atoms with Crippen LogP contribution in [0.1, 0.15) is 46.0 Å². The Morgan fingerprint density at radius 3 is 2.64 bits per heavy atom. The summed E-state index contributed by atoms with van der Waals surface area (Å²) >= 11 is 0. The molecule has 0 aromatic heterocycles. The van der Waals surface area contributed by atoms with Crippen molar-refractivity contribution in [2.75, 3.05) is 0 Å². The van der Waals surface area contributed by atoms with Crippen LogP contribution in [0.2, 0.25) is 0 Å². The second-order valence-corrected chi connectivity index (χ2v) is 2.92. The first-order valence-electron chi connectivity index (χ1n) is 4.33. The molecule has 0 aliphatic carbocycles. The first kappa shape index (κ1) is 10.3. The zero-order valence-electron chi connectivity index (χ0n) is 7.56. The monoisotopic (exact) mass is 154 g/mol. The van der Waals surface area contributed by atoms with Gasteiger partial charge in [0.2, 0.25) is 0 Å². The van der Waals surface area contributed by atoms with Crippen LogP contribution in [0.25, 0.3) is 0 Å². The van der Waals surface area contributed by atoms with Gasteiger partial charge in [0.15, 0.2) is 0 Å². The topological polar surface area (TPSA) is 36.2 Å². The van der Waals surface area contributed by atoms with Crippen LogP contribution >= 0.6 is 0 Å². The molecule has 11 heavy (non-hydrogen) atoms. The first-order chi connectivity index (χ1) is 5.31. The lowest BCUT2D eigenvalue weighted by atomic mass is 10.1. The van der Waals surface area contributed by atoms with Crippen molar-refractivity contribution in [1.29, 1.82) is 5.53 Å². The van der Waals surface area contributed by atoms with Crippen LogP contribution in [0.4, 0.5) is 0 Å². The van der Waals surface area contributed by atoms with Crippen molar-refractivity contribution >= 4 is 0 Å². The first-order valence-corrected chi connectivity index (χ1v) is 4.33. The largest absolute Gasteiger partial charge is 0.205 e. The van der Waals surface area contributed by atoms with Crippen molar-refractivity contribution in [2.45, 2.75) is 46.0 Å². The Hall–Kier alpha value is -0.660. The Morgan fingerprint density at radius 2 is 2.09 bits per heavy atom. The lowest BCUT2D eigenvalue weighted by Crippen LogP contribution is -1.78. The van der Waals surface area contributed by atoms with Crippen molar-refractivity contribution in [1.82, 2.24) is 0 Å². The van der Waals surface area contributed by atoms with E-state index in [-0.39, 0.29) is 0 Å². The van der Waals surface area contributed by atoms with E-state index in [1.54, 1.807) is 6.20 Å². The summed E-state index contributed by atoms with van der Waals surface area (Å²) in [5.41, 5.74) is 7.82. The molecular formula is C9H18N2. The highest BCUT2D eigenvalue weighted by Crippen LogP contribution is 2.08. The zero-order valence-corrected chi connectivity index (χ0v) is 7.56. The molecule has 0 aliphatic heterocycles. The van der Waals surface area contributed by atoms with Gasteiger partial charge in [0.1, 0.15) is 0 Å². The molecule has 0 bridgehead atoms. The Labute approximate surface area is 69.2 Å². The van der Waals surface area contributed by atoms with Gasteiger partial charge in [-0.25, -0.2) is 5.53 Å². The van der Waals surface area contributed by atoms with Gasteiger partial charge in [-0.15, -0.1) is 0 Å². The number of unbranched alkanes of at least 4 members (excludes halogenated alkanes) is 3. The van der Waals surface area contributed by atoms with Gasteiger partial charge in [-0.3, -0.25) is 0 Å². The van der Waals surface area contributed by atoms with E-state index in [0.29, 0.717) is 0 Å². The Morgan fingerprint density at radius 1 is 1.36 bits per heavy atom. The smallest absolute Gasteiger partial charge is 0.0477 e. The van der Waals surface area contributed by atoms with Gasteiger partial charge < -0.3 is 0 Å². The minimum absolute atomic E-state index is 1.10. The van der Waals surface area contributed by atoms with Crippen LogP contribution in [0.5, 0.6) is 0 Å². The van der Waals surface area contributed by atoms with Gasteiger partial charge in [0.05, 0.1) is 0 Å². The standard InChI is InChI=1S/C9H18N2/c1-3-4-5-6-7-9(2)8-11-10/h8,10H,3-7H2,1-2H3/b9-8+,11-10?. The van der Waals surface area contributed by atoms with Crippen LogP contribution in [0.15, 0.2) is 16.9 Å². The van der Waals surface area contributed by atoms with Crippen LogP contribution in [0.3, 0.4) is 0 Å². The maximum atomic E-state index is 6.60. The molecular weight excluding hydrogens is 136 g/mol. The fourth-order valence-corrected chi connectivity index (χ4v) is 1.01. The summed E-state index contributed by atoms with van der Waals surface area (Å²) < 4.78 is 0. The number of nitrogens with zero attached hydrogens (tertiary/aromatic N) is 1. The third-order valence-electron chi connectivity index (χ3n) is 1.71. The molecule has 0 rings (SSSR count). The normalized spacial score (nSPS) is 11.6. The van der Waals surface area contributed by atoms with E-state index in [1.807, 2.05) is 6.92 Å². The summed E-state index contributed by atoms with van der Waals surface area (Å²) in [4.78, 5) is 0. The van der Waals surface area contributed by atoms with Gasteiger partial charge in [0.25, 0.3) is 0 Å². The van der Waals surface area contributed by atoms with Gasteiger partial charge >= 0.3 is 0 Å². The Balaban J connectivity index is 3.23. The summed E-state index contributed by atoms with van der Waals surface area (Å²) in [6.45, 7) is 4.24. The van der Waals surface area contributed by atoms with E-state index in [0.717, 1.165) is 6.42 Å². The van der Waals surface area contributed by atoms with Gasteiger partial charge in [0, 0.05) is 6.20 Å². The molecule has 0 heterocycles. The average Bonchev–Trinajstić information content (AvgIpc) is 1.99. The summed E-state index contributed by atoms with van der Waals surface area (Å²) in [5.74, 6) is 0. The van der Waals surface area contributed by atoms with Crippen LogP contribution in [-0.2, 0) is 0 Å². The fraction of sp³-hybridized carbons (Fsp3) is 0.778. The summed E-state index contributed by atoms with van der Waals surface area (Å²) in [6.07, 6.45) is 7.89. The quantitative estimate of drug-likeness (QED) is 0.445. The lowest BCUT2D eigenvalue weighted by molar-refractivity contribution is 0.663. The number of rotatable bonds is 6. The highest BCUT2D eigenvalue weighted by molar-refractivity contribution is 4.94. The molecule has 0 spiro atoms. The number of nitrogens with one attached hydrogen (secondary N) is 1. The highest BCUT2D eigenvalue weighted by Gasteiger charge is 1.89. The predicted molar refractivity (Wildman–Crippen MR) is 47.7 cm³/mol. The summed E-state index contributed by atoms with van der Waals surface area (Å²) in [5, 5.41) is 3.22. The average molecular weight is 154 g/mol. The van der Waals surface area contributed by atoms with Gasteiger partial charge in [-0.1, -0.05) is 31.8 Å². The molecule has 0 fully saturated rings. The van der Waals surface area contributed by atoms with Crippen molar-refractivity contribution in [3.63, 3.8) is 0 Å². The predicted octanol–water partition coefficient (Wildman–Crippen LogP) is 3.89. The van der Waals surface area contributed by atoms with Crippen LogP contribution < -0.4 is 0 Å². The molecule has 2 nitrogen and oxygen atoms in total. The SMILES string of the molecule is CCCCCC/C(C)=C/N=N. The molecule has 0 unspecified atom stereocenters. The summed E-state index contributed by atoms with van der Waals surface area (Å²) in [6, 6.07) is 0. The molecule has 0 aromatic carbocycles. The molecule has 0 amide bonds. The Bertz CT molecular complexity index is 128. The van der Waals surface area contributed by atoms with E-state index in [9.17, 15) is 0 Å². The summed E-state index contributed by atoms with van der Waals surface area (Å²) in [7, 11) is 0. The third kappa shape index (κ3) is 7.23. The van der Waals surface area contributed by atoms with E-state index < -0.39 is 0 Å². The molecule has 0 atom stereocenters. The van der Waals surface area contributed by atoms with Crippen LogP contribution in [-0.4, -0.2) is 0 Å². The fourth-order valence-electron chi connectivity index (χ4n) is 1.01. The number of allylic oxidation sites excluding steroid dienone is 1. The van der Waals surface area contributed by atoms with Crippen molar-refractivity contribution in [3.8, 4) is 0 Å². The molecule has 1 N–H and O–H groups in total. The van der Waals surface area contributed by atoms with Crippen molar-refractivity contribution in [3.05, 3.63) is 11.8 Å². The molecule has 0 saturated carbocycles. The highest BCUT2D eigenvalue weighted by atomic mass is 14.9. The molecule has 0 aliphatic rings. The van der Waals surface area contributed by atoms with Crippen molar-refractivity contribution in [2.24, 2.45) is 5.11 Å². The minimum atomic E-state index is 1.10. The molecule has 0 radical (unpaired) electrons. The number of hydrogen-bond acceptors (Lipinski definition) is 2. The Kier molecular flexibility index (Phi) is 7.00. The number of hydrogen-bond donors (Lipinski definition) is 1. The molecule has 64 valence electrons. The molecule has 0 saturated heterocycles. The van der Waals surface area contributed by atoms with E-state index in [1.165, 1.54) is 31.3 Å². The maximum Gasteiger partial charge on any atom is 0.0477 e. The van der Waals surface area contributed by atoms with E-state index >= 15 is 0 Å². The third-order valence-corrected chi connectivity index (χ3v) is 1.71. The van der Waals surface area contributed by atoms with E-state index in [2.05, 4.69) is 12.0 Å². The minimum Gasteiger partial charge on any atom is -0.205 e. The second kappa shape index (κ2) is 7.45. The maximum absolute atomic E-state index is 6.60. The van der Waals surface area contributed by atoms with E-state index in [4.69, 9.17) is 5.53 Å². The second-order valence-electron chi connectivity index (χ2n) is 2.92.